The number of rotatable bonds is 7. The van der Waals surface area contributed by atoms with Crippen LogP contribution in [0.5, 0.6) is 0 Å². The molecule has 31 heavy (non-hydrogen) atoms. The van der Waals surface area contributed by atoms with Crippen LogP contribution in [-0.2, 0) is 12.3 Å². The molecule has 0 radical (unpaired) electrons. The lowest BCUT2D eigenvalue weighted by Gasteiger charge is -2.12. The van der Waals surface area contributed by atoms with Crippen LogP contribution in [0.15, 0.2) is 84.0 Å². The molecule has 0 fully saturated rings. The minimum atomic E-state index is 0.581. The summed E-state index contributed by atoms with van der Waals surface area (Å²) in [5.41, 5.74) is 5.37. The summed E-state index contributed by atoms with van der Waals surface area (Å²) in [7, 11) is 0. The maximum absolute atomic E-state index is 4.68. The molecular formula is C24H22N6S. The van der Waals surface area contributed by atoms with Crippen molar-refractivity contribution < 1.29 is 0 Å². The van der Waals surface area contributed by atoms with Gasteiger partial charge in [0, 0.05) is 11.4 Å². The molecule has 5 rings (SSSR count). The summed E-state index contributed by atoms with van der Waals surface area (Å²) in [6, 6.07) is 26.5. The third-order valence-electron chi connectivity index (χ3n) is 5.07. The van der Waals surface area contributed by atoms with Gasteiger partial charge in [0.2, 0.25) is 0 Å². The van der Waals surface area contributed by atoms with Gasteiger partial charge in [-0.05, 0) is 42.8 Å². The largest absolute Gasteiger partial charge is 0.378 e. The summed E-state index contributed by atoms with van der Waals surface area (Å²) in [6.07, 6.45) is 0. The highest BCUT2D eigenvalue weighted by Crippen LogP contribution is 2.26. The van der Waals surface area contributed by atoms with E-state index in [9.17, 15) is 0 Å². The molecule has 2 N–H and O–H groups in total. The number of aromatic nitrogens is 5. The van der Waals surface area contributed by atoms with Gasteiger partial charge in [0.15, 0.2) is 11.0 Å². The molecule has 154 valence electrons. The fourth-order valence-corrected chi connectivity index (χ4v) is 4.34. The summed E-state index contributed by atoms with van der Waals surface area (Å²) < 4.78 is 2.11. The summed E-state index contributed by atoms with van der Waals surface area (Å²) in [5.74, 6) is 2.47. The molecule has 0 amide bonds. The van der Waals surface area contributed by atoms with Gasteiger partial charge in [0.25, 0.3) is 0 Å². The van der Waals surface area contributed by atoms with Crippen LogP contribution >= 0.6 is 11.8 Å². The van der Waals surface area contributed by atoms with Crippen LogP contribution in [-0.4, -0.2) is 24.7 Å². The third kappa shape index (κ3) is 4.18. The number of nitrogens with zero attached hydrogens (tertiary/aromatic N) is 4. The Balaban J connectivity index is 1.41. The first-order valence-electron chi connectivity index (χ1n) is 10.1. The second-order valence-corrected chi connectivity index (χ2v) is 8.17. The van der Waals surface area contributed by atoms with Crippen molar-refractivity contribution >= 4 is 28.5 Å². The Morgan fingerprint density at radius 3 is 2.52 bits per heavy atom. The van der Waals surface area contributed by atoms with Crippen LogP contribution in [0.25, 0.3) is 16.7 Å². The van der Waals surface area contributed by atoms with E-state index >= 15 is 0 Å². The van der Waals surface area contributed by atoms with Crippen molar-refractivity contribution in [2.24, 2.45) is 0 Å². The first-order valence-corrected chi connectivity index (χ1v) is 11.1. The van der Waals surface area contributed by atoms with Gasteiger partial charge in [-0.15, -0.1) is 10.2 Å². The Morgan fingerprint density at radius 2 is 1.68 bits per heavy atom. The van der Waals surface area contributed by atoms with Crippen LogP contribution in [0, 0.1) is 6.92 Å². The molecule has 2 heterocycles. The molecule has 7 heteroatoms. The van der Waals surface area contributed by atoms with Gasteiger partial charge < -0.3 is 10.3 Å². The Kier molecular flexibility index (Phi) is 5.41. The monoisotopic (exact) mass is 426 g/mol. The van der Waals surface area contributed by atoms with Gasteiger partial charge in [-0.3, -0.25) is 4.57 Å². The fourth-order valence-electron chi connectivity index (χ4n) is 3.50. The summed E-state index contributed by atoms with van der Waals surface area (Å²) in [5, 5.41) is 13.3. The number of nitrogens with one attached hydrogen (secondary N) is 2. The van der Waals surface area contributed by atoms with Gasteiger partial charge >= 0.3 is 0 Å². The summed E-state index contributed by atoms with van der Waals surface area (Å²) in [6.45, 7) is 2.68. The number of imidazole rings is 1. The van der Waals surface area contributed by atoms with Crippen molar-refractivity contribution in [3.05, 3.63) is 96.1 Å². The lowest BCUT2D eigenvalue weighted by molar-refractivity contribution is 0.839. The average Bonchev–Trinajstić information content (AvgIpc) is 3.41. The smallest absolute Gasteiger partial charge is 0.196 e. The highest BCUT2D eigenvalue weighted by molar-refractivity contribution is 7.98. The second-order valence-electron chi connectivity index (χ2n) is 7.23. The number of para-hydroxylation sites is 4. The molecule has 6 nitrogen and oxygen atoms in total. The molecule has 5 aromatic rings. The van der Waals surface area contributed by atoms with Crippen LogP contribution in [0.3, 0.4) is 0 Å². The molecule has 0 saturated heterocycles. The molecule has 0 aliphatic heterocycles. The van der Waals surface area contributed by atoms with E-state index < -0.39 is 0 Å². The van der Waals surface area contributed by atoms with Gasteiger partial charge in [-0.25, -0.2) is 4.98 Å². The van der Waals surface area contributed by atoms with Crippen molar-refractivity contribution in [3.8, 4) is 5.69 Å². The Bertz CT molecular complexity index is 1280. The van der Waals surface area contributed by atoms with E-state index in [0.717, 1.165) is 39.2 Å². The molecule has 0 spiro atoms. The zero-order chi connectivity index (χ0) is 21.0. The van der Waals surface area contributed by atoms with Crippen molar-refractivity contribution in [2.45, 2.75) is 24.4 Å². The number of thioether (sulfide) groups is 1. The van der Waals surface area contributed by atoms with Crippen molar-refractivity contribution in [1.82, 2.24) is 24.7 Å². The average molecular weight is 427 g/mol. The molecular weight excluding hydrogens is 404 g/mol. The Labute approximate surface area is 184 Å². The van der Waals surface area contributed by atoms with Crippen molar-refractivity contribution in [3.63, 3.8) is 0 Å². The number of aromatic amines is 1. The third-order valence-corrected chi connectivity index (χ3v) is 6.01. The highest BCUT2D eigenvalue weighted by atomic mass is 32.2. The number of hydrogen-bond acceptors (Lipinski definition) is 5. The van der Waals surface area contributed by atoms with Gasteiger partial charge in [-0.2, -0.15) is 0 Å². The van der Waals surface area contributed by atoms with Crippen molar-refractivity contribution in [2.75, 3.05) is 5.32 Å². The second kappa shape index (κ2) is 8.65. The number of anilines is 1. The Hall–Kier alpha value is -3.58. The summed E-state index contributed by atoms with van der Waals surface area (Å²) in [4.78, 5) is 8.06. The number of fused-ring (bicyclic) bond motifs is 1. The first kappa shape index (κ1) is 19.4. The van der Waals surface area contributed by atoms with Gasteiger partial charge in [0.05, 0.1) is 23.3 Å². The first-order chi connectivity index (χ1) is 15.3. The van der Waals surface area contributed by atoms with Gasteiger partial charge in [-0.1, -0.05) is 60.3 Å². The van der Waals surface area contributed by atoms with E-state index in [2.05, 4.69) is 61.2 Å². The van der Waals surface area contributed by atoms with E-state index in [-0.39, 0.29) is 0 Å². The molecule has 3 aromatic carbocycles. The van der Waals surface area contributed by atoms with Crippen molar-refractivity contribution in [1.29, 1.82) is 0 Å². The van der Waals surface area contributed by atoms with Crippen LogP contribution in [0.4, 0.5) is 5.69 Å². The van der Waals surface area contributed by atoms with Crippen LogP contribution < -0.4 is 5.32 Å². The fraction of sp³-hybridized carbons (Fsp3) is 0.125. The quantitative estimate of drug-likeness (QED) is 0.343. The minimum Gasteiger partial charge on any atom is -0.378 e. The topological polar surface area (TPSA) is 71.4 Å². The zero-order valence-electron chi connectivity index (χ0n) is 17.1. The Morgan fingerprint density at radius 1 is 0.903 bits per heavy atom. The molecule has 0 unspecified atom stereocenters. The number of hydrogen-bond donors (Lipinski definition) is 2. The minimum absolute atomic E-state index is 0.581. The molecule has 0 aliphatic carbocycles. The standard InChI is InChI=1S/C24H22N6S/c1-17-9-5-6-12-19(17)25-15-23-28-29-24(30(23)18-10-3-2-4-11-18)31-16-22-26-20-13-7-8-14-21(20)27-22/h2-14,25H,15-16H2,1H3,(H,26,27). The number of benzene rings is 3. The molecule has 0 bridgehead atoms. The molecule has 0 aliphatic rings. The molecule has 2 aromatic heterocycles. The lowest BCUT2D eigenvalue weighted by Crippen LogP contribution is -2.09. The van der Waals surface area contributed by atoms with Crippen LogP contribution in [0.1, 0.15) is 17.2 Å². The number of H-pyrrole nitrogens is 1. The SMILES string of the molecule is Cc1ccccc1NCc1nnc(SCc2nc3ccccc3[nH]2)n1-c1ccccc1. The zero-order valence-corrected chi connectivity index (χ0v) is 17.9. The van der Waals surface area contributed by atoms with E-state index in [1.165, 1.54) is 5.56 Å². The highest BCUT2D eigenvalue weighted by Gasteiger charge is 2.15. The predicted molar refractivity (Wildman–Crippen MR) is 126 cm³/mol. The van der Waals surface area contributed by atoms with E-state index in [1.54, 1.807) is 11.8 Å². The van der Waals surface area contributed by atoms with E-state index in [0.29, 0.717) is 12.3 Å². The van der Waals surface area contributed by atoms with E-state index in [1.807, 2.05) is 54.6 Å². The maximum Gasteiger partial charge on any atom is 0.196 e. The molecule has 0 atom stereocenters. The predicted octanol–water partition coefficient (Wildman–Crippen LogP) is 5.36. The normalized spacial score (nSPS) is 11.1. The lowest BCUT2D eigenvalue weighted by atomic mass is 10.2. The molecule has 0 saturated carbocycles. The number of aryl methyl sites for hydroxylation is 1. The van der Waals surface area contributed by atoms with E-state index in [4.69, 9.17) is 0 Å². The van der Waals surface area contributed by atoms with Crippen LogP contribution in [0.2, 0.25) is 0 Å². The van der Waals surface area contributed by atoms with Gasteiger partial charge in [0.1, 0.15) is 5.82 Å². The maximum atomic E-state index is 4.68. The summed E-state index contributed by atoms with van der Waals surface area (Å²) >= 11 is 1.62.